The lowest BCUT2D eigenvalue weighted by Crippen LogP contribution is -2.29. The third-order valence-corrected chi connectivity index (χ3v) is 5.47. The minimum atomic E-state index is -0.633. The predicted octanol–water partition coefficient (Wildman–Crippen LogP) is 5.30. The molecule has 1 fully saturated rings. The van der Waals surface area contributed by atoms with E-state index in [-0.39, 0.29) is 11.2 Å². The van der Waals surface area contributed by atoms with Crippen LogP contribution in [-0.4, -0.2) is 22.5 Å². The molecule has 0 bridgehead atoms. The summed E-state index contributed by atoms with van der Waals surface area (Å²) in [6, 6.07) is 13.0. The summed E-state index contributed by atoms with van der Waals surface area (Å²) in [6.07, 6.45) is 1.51. The molecule has 1 aliphatic carbocycles. The third kappa shape index (κ3) is 5.69. The second-order valence-electron chi connectivity index (χ2n) is 9.53. The fourth-order valence-electron chi connectivity index (χ4n) is 3.56. The molecule has 3 rings (SSSR count). The molecule has 0 spiro atoms. The van der Waals surface area contributed by atoms with Crippen LogP contribution < -0.4 is 5.32 Å². The summed E-state index contributed by atoms with van der Waals surface area (Å²) in [4.78, 5) is 30.3. The highest BCUT2D eigenvalue weighted by molar-refractivity contribution is 5.96. The third-order valence-electron chi connectivity index (χ3n) is 5.47. The van der Waals surface area contributed by atoms with Gasteiger partial charge in [0.2, 0.25) is 0 Å². The Morgan fingerprint density at radius 1 is 1.26 bits per heavy atom. The Bertz CT molecular complexity index is 1040. The molecule has 1 heterocycles. The van der Waals surface area contributed by atoms with E-state index >= 15 is 0 Å². The largest absolute Gasteiger partial charge is 0.444 e. The van der Waals surface area contributed by atoms with Crippen LogP contribution in [-0.2, 0) is 16.0 Å². The molecule has 1 saturated carbocycles. The molecule has 1 aromatic heterocycles. The van der Waals surface area contributed by atoms with Crippen molar-refractivity contribution in [1.29, 1.82) is 5.26 Å². The van der Waals surface area contributed by atoms with E-state index in [1.165, 1.54) is 0 Å². The fraction of sp³-hybridized carbons (Fsp3) is 0.440. The zero-order valence-corrected chi connectivity index (χ0v) is 18.8. The summed E-state index contributed by atoms with van der Waals surface area (Å²) >= 11 is 0. The first kappa shape index (κ1) is 22.5. The van der Waals surface area contributed by atoms with Gasteiger partial charge in [-0.2, -0.15) is 5.26 Å². The summed E-state index contributed by atoms with van der Waals surface area (Å²) in [5, 5.41) is 12.0. The smallest absolute Gasteiger partial charge is 0.412 e. The number of hydrogen-bond donors (Lipinski definition) is 1. The van der Waals surface area contributed by atoms with Gasteiger partial charge in [0, 0.05) is 23.2 Å². The van der Waals surface area contributed by atoms with E-state index < -0.39 is 17.6 Å². The van der Waals surface area contributed by atoms with Gasteiger partial charge < -0.3 is 4.74 Å². The number of nitrogens with zero attached hydrogens (tertiary/aromatic N) is 2. The average Bonchev–Trinajstić information content (AvgIpc) is 3.43. The van der Waals surface area contributed by atoms with Crippen LogP contribution in [0.1, 0.15) is 69.0 Å². The van der Waals surface area contributed by atoms with Crippen molar-refractivity contribution < 1.29 is 14.3 Å². The Hall–Kier alpha value is -3.20. The first-order valence-electron chi connectivity index (χ1n) is 10.5. The number of anilines is 1. The first-order chi connectivity index (χ1) is 14.5. The number of nitriles is 1. The molecule has 31 heavy (non-hydrogen) atoms. The van der Waals surface area contributed by atoms with Crippen LogP contribution >= 0.6 is 0 Å². The molecule has 1 unspecified atom stereocenters. The number of carbonyl (C=O) groups excluding carboxylic acids is 2. The molecule has 1 atom stereocenters. The molecular formula is C25H29N3O3. The Morgan fingerprint density at radius 3 is 2.58 bits per heavy atom. The Morgan fingerprint density at radius 2 is 1.97 bits per heavy atom. The maximum absolute atomic E-state index is 13.5. The molecular weight excluding hydrogens is 390 g/mol. The van der Waals surface area contributed by atoms with Crippen LogP contribution in [0.2, 0.25) is 0 Å². The molecule has 0 aliphatic heterocycles. The van der Waals surface area contributed by atoms with Gasteiger partial charge in [-0.3, -0.25) is 10.1 Å². The monoisotopic (exact) mass is 419 g/mol. The number of aromatic nitrogens is 1. The standard InChI is InChI=1S/C25H29N3O3/c1-16-9-10-19(21(13-16)28-23(30)31-24(2,3)4)20(22(29)25(5)11-12-25)14-17-7-6-8-18(15-26)27-17/h6-10,13,20H,11-12,14H2,1-5H3,(H,28,30). The Balaban J connectivity index is 1.99. The molecule has 6 nitrogen and oxygen atoms in total. The second-order valence-corrected chi connectivity index (χ2v) is 9.53. The lowest BCUT2D eigenvalue weighted by atomic mass is 9.82. The maximum Gasteiger partial charge on any atom is 0.412 e. The van der Waals surface area contributed by atoms with E-state index in [2.05, 4.69) is 10.3 Å². The van der Waals surface area contributed by atoms with Crippen LogP contribution in [0, 0.1) is 23.7 Å². The van der Waals surface area contributed by atoms with Crippen molar-refractivity contribution in [2.75, 3.05) is 5.32 Å². The Kier molecular flexibility index (Phi) is 6.17. The van der Waals surface area contributed by atoms with Crippen LogP contribution in [0.15, 0.2) is 36.4 Å². The van der Waals surface area contributed by atoms with Crippen molar-refractivity contribution in [1.82, 2.24) is 4.98 Å². The number of Topliss-reactive ketones (excluding diaryl/α,β-unsaturated/α-hetero) is 1. The average molecular weight is 420 g/mol. The van der Waals surface area contributed by atoms with Gasteiger partial charge in [-0.05, 0) is 69.9 Å². The number of carbonyl (C=O) groups is 2. The second kappa shape index (κ2) is 8.50. The van der Waals surface area contributed by atoms with Crippen molar-refractivity contribution in [3.63, 3.8) is 0 Å². The zero-order valence-electron chi connectivity index (χ0n) is 18.8. The van der Waals surface area contributed by atoms with Crippen LogP contribution in [0.4, 0.5) is 10.5 Å². The van der Waals surface area contributed by atoms with E-state index in [1.54, 1.807) is 32.9 Å². The van der Waals surface area contributed by atoms with Crippen LogP contribution in [0.25, 0.3) is 0 Å². The highest BCUT2D eigenvalue weighted by Gasteiger charge is 2.48. The van der Waals surface area contributed by atoms with Crippen molar-refractivity contribution in [3.8, 4) is 6.07 Å². The lowest BCUT2D eigenvalue weighted by molar-refractivity contribution is -0.125. The number of pyridine rings is 1. The summed E-state index contributed by atoms with van der Waals surface area (Å²) in [7, 11) is 0. The van der Waals surface area contributed by atoms with Gasteiger partial charge in [-0.1, -0.05) is 25.1 Å². The number of rotatable bonds is 6. The normalized spacial score (nSPS) is 15.5. The number of benzene rings is 1. The summed E-state index contributed by atoms with van der Waals surface area (Å²) in [6.45, 7) is 9.32. The van der Waals surface area contributed by atoms with E-state index in [0.717, 1.165) is 24.0 Å². The summed E-state index contributed by atoms with van der Waals surface area (Å²) in [5.74, 6) is -0.354. The fourth-order valence-corrected chi connectivity index (χ4v) is 3.56. The summed E-state index contributed by atoms with van der Waals surface area (Å²) in [5.41, 5.74) is 2.26. The first-order valence-corrected chi connectivity index (χ1v) is 10.5. The molecule has 1 amide bonds. The van der Waals surface area contributed by atoms with Gasteiger partial charge in [0.25, 0.3) is 0 Å². The van der Waals surface area contributed by atoms with Gasteiger partial charge in [-0.25, -0.2) is 9.78 Å². The SMILES string of the molecule is Cc1ccc(C(Cc2cccc(C#N)n2)C(=O)C2(C)CC2)c(NC(=O)OC(C)(C)C)c1. The quantitative estimate of drug-likeness (QED) is 0.685. The molecule has 162 valence electrons. The van der Waals surface area contributed by atoms with E-state index in [9.17, 15) is 14.9 Å². The van der Waals surface area contributed by atoms with Crippen molar-refractivity contribution in [2.45, 2.75) is 65.4 Å². The lowest BCUT2D eigenvalue weighted by Gasteiger charge is -2.24. The maximum atomic E-state index is 13.5. The highest BCUT2D eigenvalue weighted by Crippen LogP contribution is 2.50. The minimum absolute atomic E-state index is 0.132. The van der Waals surface area contributed by atoms with E-state index in [0.29, 0.717) is 23.5 Å². The molecule has 1 aromatic carbocycles. The topological polar surface area (TPSA) is 92.1 Å². The Labute approximate surface area is 183 Å². The van der Waals surface area contributed by atoms with Gasteiger partial charge in [-0.15, -0.1) is 0 Å². The molecule has 2 aromatic rings. The number of nitrogens with one attached hydrogen (secondary N) is 1. The van der Waals surface area contributed by atoms with Gasteiger partial charge in [0.05, 0.1) is 5.92 Å². The molecule has 0 saturated heterocycles. The van der Waals surface area contributed by atoms with Gasteiger partial charge in [0.1, 0.15) is 23.1 Å². The number of ether oxygens (including phenoxy) is 1. The molecule has 0 radical (unpaired) electrons. The number of ketones is 1. The summed E-state index contributed by atoms with van der Waals surface area (Å²) < 4.78 is 5.42. The molecule has 1 aliphatic rings. The number of hydrogen-bond acceptors (Lipinski definition) is 5. The predicted molar refractivity (Wildman–Crippen MR) is 119 cm³/mol. The van der Waals surface area contributed by atoms with Crippen molar-refractivity contribution >= 4 is 17.6 Å². The molecule has 6 heteroatoms. The van der Waals surface area contributed by atoms with Crippen LogP contribution in [0.5, 0.6) is 0 Å². The van der Waals surface area contributed by atoms with Gasteiger partial charge in [0.15, 0.2) is 0 Å². The van der Waals surface area contributed by atoms with E-state index in [4.69, 9.17) is 4.74 Å². The van der Waals surface area contributed by atoms with Crippen LogP contribution in [0.3, 0.4) is 0 Å². The number of aryl methyl sites for hydroxylation is 1. The number of amides is 1. The highest BCUT2D eigenvalue weighted by atomic mass is 16.6. The van der Waals surface area contributed by atoms with Crippen molar-refractivity contribution in [2.24, 2.45) is 5.41 Å². The van der Waals surface area contributed by atoms with Gasteiger partial charge >= 0.3 is 6.09 Å². The zero-order chi connectivity index (χ0) is 22.8. The van der Waals surface area contributed by atoms with Crippen molar-refractivity contribution in [3.05, 3.63) is 58.9 Å². The molecule has 1 N–H and O–H groups in total. The minimum Gasteiger partial charge on any atom is -0.444 e. The van der Waals surface area contributed by atoms with E-state index in [1.807, 2.05) is 44.2 Å².